The first-order valence-corrected chi connectivity index (χ1v) is 5.78. The quantitative estimate of drug-likeness (QED) is 0.841. The van der Waals surface area contributed by atoms with Crippen molar-refractivity contribution in [3.8, 4) is 0 Å². The van der Waals surface area contributed by atoms with E-state index in [-0.39, 0.29) is 11.2 Å². The Morgan fingerprint density at radius 2 is 2.27 bits per heavy atom. The molecule has 0 aromatic carbocycles. The molecule has 0 saturated carbocycles. The van der Waals surface area contributed by atoms with Gasteiger partial charge in [-0.2, -0.15) is 0 Å². The van der Waals surface area contributed by atoms with Crippen LogP contribution in [0.3, 0.4) is 0 Å². The van der Waals surface area contributed by atoms with Crippen LogP contribution in [0.1, 0.15) is 31.6 Å². The third-order valence-electron chi connectivity index (χ3n) is 2.14. The van der Waals surface area contributed by atoms with E-state index in [0.717, 1.165) is 17.1 Å². The van der Waals surface area contributed by atoms with Gasteiger partial charge in [0, 0.05) is 4.75 Å². The van der Waals surface area contributed by atoms with Crippen molar-refractivity contribution >= 4 is 17.7 Å². The molecule has 1 N–H and O–H groups in total. The summed E-state index contributed by atoms with van der Waals surface area (Å²) in [4.78, 5) is 10.6. The Bertz CT molecular complexity index is 341. The first-order valence-electron chi connectivity index (χ1n) is 4.79. The van der Waals surface area contributed by atoms with Gasteiger partial charge in [-0.15, -0.1) is 11.8 Å². The minimum Gasteiger partial charge on any atom is -0.481 e. The third kappa shape index (κ3) is 4.00. The molecule has 1 heterocycles. The summed E-state index contributed by atoms with van der Waals surface area (Å²) in [6.45, 7) is 5.86. The molecular formula is C11H16O3S. The Kier molecular flexibility index (Phi) is 3.85. The number of aryl methyl sites for hydroxylation is 1. The number of carbonyl (C=O) groups is 1. The van der Waals surface area contributed by atoms with Crippen LogP contribution in [0.2, 0.25) is 0 Å². The molecule has 4 heteroatoms. The van der Waals surface area contributed by atoms with Crippen LogP contribution in [0.5, 0.6) is 0 Å². The first-order chi connectivity index (χ1) is 6.91. The molecular weight excluding hydrogens is 212 g/mol. The lowest BCUT2D eigenvalue weighted by atomic mass is 10.1. The molecule has 1 aromatic heterocycles. The van der Waals surface area contributed by atoms with Crippen molar-refractivity contribution in [1.29, 1.82) is 0 Å². The Labute approximate surface area is 93.9 Å². The first kappa shape index (κ1) is 12.2. The average Bonchev–Trinajstić information content (AvgIpc) is 2.45. The smallest absolute Gasteiger partial charge is 0.304 e. The number of aliphatic carboxylic acids is 1. The number of thioether (sulfide) groups is 1. The van der Waals surface area contributed by atoms with Crippen LogP contribution in [-0.2, 0) is 10.5 Å². The van der Waals surface area contributed by atoms with Crippen molar-refractivity contribution in [1.82, 2.24) is 0 Å². The summed E-state index contributed by atoms with van der Waals surface area (Å²) < 4.78 is 5.04. The predicted octanol–water partition coefficient (Wildman–Crippen LogP) is 3.07. The van der Waals surface area contributed by atoms with E-state index in [4.69, 9.17) is 9.52 Å². The molecule has 0 fully saturated rings. The monoisotopic (exact) mass is 228 g/mol. The van der Waals surface area contributed by atoms with Crippen molar-refractivity contribution < 1.29 is 14.3 Å². The second-order valence-electron chi connectivity index (χ2n) is 4.15. The van der Waals surface area contributed by atoms with Crippen LogP contribution in [0.25, 0.3) is 0 Å². The maximum atomic E-state index is 10.6. The van der Waals surface area contributed by atoms with Gasteiger partial charge >= 0.3 is 5.97 Å². The van der Waals surface area contributed by atoms with Crippen LogP contribution in [0.15, 0.2) is 16.7 Å². The van der Waals surface area contributed by atoms with E-state index in [0.29, 0.717) is 0 Å². The SMILES string of the molecule is Cc1ccoc1CSC(C)(C)CC(=O)O. The summed E-state index contributed by atoms with van der Waals surface area (Å²) in [7, 11) is 0. The van der Waals surface area contributed by atoms with Crippen molar-refractivity contribution in [3.63, 3.8) is 0 Å². The van der Waals surface area contributed by atoms with Gasteiger partial charge in [-0.1, -0.05) is 13.8 Å². The molecule has 0 aliphatic rings. The van der Waals surface area contributed by atoms with E-state index in [9.17, 15) is 4.79 Å². The molecule has 0 atom stereocenters. The van der Waals surface area contributed by atoms with Crippen LogP contribution in [0, 0.1) is 6.92 Å². The van der Waals surface area contributed by atoms with Gasteiger partial charge in [0.05, 0.1) is 18.4 Å². The zero-order valence-electron chi connectivity index (χ0n) is 9.24. The zero-order chi connectivity index (χ0) is 11.5. The second-order valence-corrected chi connectivity index (χ2v) is 5.83. The fraction of sp³-hybridized carbons (Fsp3) is 0.545. The topological polar surface area (TPSA) is 50.4 Å². The van der Waals surface area contributed by atoms with Crippen LogP contribution < -0.4 is 0 Å². The number of carboxylic acid groups (broad SMARTS) is 1. The number of rotatable bonds is 5. The molecule has 1 rings (SSSR count). The Morgan fingerprint density at radius 3 is 2.73 bits per heavy atom. The van der Waals surface area contributed by atoms with E-state index in [1.165, 1.54) is 0 Å². The lowest BCUT2D eigenvalue weighted by Crippen LogP contribution is -2.19. The minimum absolute atomic E-state index is 0.164. The van der Waals surface area contributed by atoms with E-state index in [1.807, 2.05) is 26.8 Å². The predicted molar refractivity (Wildman–Crippen MR) is 61.1 cm³/mol. The normalized spacial score (nSPS) is 11.7. The van der Waals surface area contributed by atoms with Crippen molar-refractivity contribution in [2.24, 2.45) is 0 Å². The molecule has 1 aromatic rings. The highest BCUT2D eigenvalue weighted by Crippen LogP contribution is 2.32. The maximum absolute atomic E-state index is 10.6. The van der Waals surface area contributed by atoms with Crippen molar-refractivity contribution in [2.45, 2.75) is 37.7 Å². The molecule has 84 valence electrons. The molecule has 0 radical (unpaired) electrons. The number of furan rings is 1. The highest BCUT2D eigenvalue weighted by Gasteiger charge is 2.22. The largest absolute Gasteiger partial charge is 0.481 e. The molecule has 0 aliphatic carbocycles. The summed E-state index contributed by atoms with van der Waals surface area (Å²) in [6, 6.07) is 1.92. The Balaban J connectivity index is 2.49. The Hall–Kier alpha value is -0.900. The molecule has 0 bridgehead atoms. The van der Waals surface area contributed by atoms with Gasteiger partial charge in [0.15, 0.2) is 0 Å². The molecule has 0 spiro atoms. The van der Waals surface area contributed by atoms with Crippen molar-refractivity contribution in [2.75, 3.05) is 0 Å². The van der Waals surface area contributed by atoms with Crippen LogP contribution in [-0.4, -0.2) is 15.8 Å². The highest BCUT2D eigenvalue weighted by molar-refractivity contribution is 7.99. The van der Waals surface area contributed by atoms with E-state index >= 15 is 0 Å². The summed E-state index contributed by atoms with van der Waals surface area (Å²) in [5.41, 5.74) is 1.12. The minimum atomic E-state index is -0.760. The standard InChI is InChI=1S/C11H16O3S/c1-8-4-5-14-9(8)7-15-11(2,3)6-10(12)13/h4-5H,6-7H2,1-3H3,(H,12,13). The molecule has 0 aliphatic heterocycles. The number of hydrogen-bond acceptors (Lipinski definition) is 3. The Morgan fingerprint density at radius 1 is 1.60 bits per heavy atom. The molecule has 0 saturated heterocycles. The molecule has 0 unspecified atom stereocenters. The fourth-order valence-corrected chi connectivity index (χ4v) is 2.27. The van der Waals surface area contributed by atoms with Gasteiger partial charge in [0.25, 0.3) is 0 Å². The number of carboxylic acids is 1. The molecule has 0 amide bonds. The maximum Gasteiger partial charge on any atom is 0.304 e. The zero-order valence-corrected chi connectivity index (χ0v) is 10.1. The van der Waals surface area contributed by atoms with Gasteiger partial charge in [-0.3, -0.25) is 4.79 Å². The summed E-state index contributed by atoms with van der Waals surface area (Å²) >= 11 is 1.60. The lowest BCUT2D eigenvalue weighted by Gasteiger charge is -2.21. The number of hydrogen-bond donors (Lipinski definition) is 1. The van der Waals surface area contributed by atoms with Gasteiger partial charge in [0.1, 0.15) is 5.76 Å². The van der Waals surface area contributed by atoms with Gasteiger partial charge in [-0.05, 0) is 18.6 Å². The van der Waals surface area contributed by atoms with E-state index < -0.39 is 5.97 Å². The second kappa shape index (κ2) is 4.75. The lowest BCUT2D eigenvalue weighted by molar-refractivity contribution is -0.137. The fourth-order valence-electron chi connectivity index (χ4n) is 1.23. The summed E-state index contributed by atoms with van der Waals surface area (Å²) in [5.74, 6) is 0.890. The molecule has 3 nitrogen and oxygen atoms in total. The van der Waals surface area contributed by atoms with Gasteiger partial charge in [-0.25, -0.2) is 0 Å². The van der Waals surface area contributed by atoms with E-state index in [1.54, 1.807) is 18.0 Å². The van der Waals surface area contributed by atoms with Crippen molar-refractivity contribution in [3.05, 3.63) is 23.7 Å². The molecule has 15 heavy (non-hydrogen) atoms. The van der Waals surface area contributed by atoms with Gasteiger partial charge < -0.3 is 9.52 Å². The van der Waals surface area contributed by atoms with Crippen LogP contribution in [0.4, 0.5) is 0 Å². The average molecular weight is 228 g/mol. The summed E-state index contributed by atoms with van der Waals surface area (Å²) in [5, 5.41) is 8.72. The van der Waals surface area contributed by atoms with E-state index in [2.05, 4.69) is 0 Å². The van der Waals surface area contributed by atoms with Gasteiger partial charge in [0.2, 0.25) is 0 Å². The third-order valence-corrected chi connectivity index (χ3v) is 3.47. The highest BCUT2D eigenvalue weighted by atomic mass is 32.2. The summed E-state index contributed by atoms with van der Waals surface area (Å²) in [6.07, 6.45) is 1.83. The van der Waals surface area contributed by atoms with Crippen LogP contribution >= 0.6 is 11.8 Å².